The van der Waals surface area contributed by atoms with Gasteiger partial charge in [0.15, 0.2) is 0 Å². The number of piperidine rings is 1. The Hall–Kier alpha value is -0.430. The van der Waals surface area contributed by atoms with Crippen molar-refractivity contribution in [2.45, 2.75) is 25.4 Å². The van der Waals surface area contributed by atoms with Crippen molar-refractivity contribution in [1.82, 2.24) is 15.5 Å². The van der Waals surface area contributed by atoms with Crippen molar-refractivity contribution >= 4 is 33.2 Å². The molecule has 1 fully saturated rings. The summed E-state index contributed by atoms with van der Waals surface area (Å²) in [5.74, 6) is 0.106. The van der Waals surface area contributed by atoms with Crippen molar-refractivity contribution < 1.29 is 4.79 Å². The molecule has 1 saturated heterocycles. The monoisotopic (exact) mass is 345 g/mol. The van der Waals surface area contributed by atoms with Gasteiger partial charge in [0, 0.05) is 32.7 Å². The van der Waals surface area contributed by atoms with E-state index in [0.29, 0.717) is 12.6 Å². The summed E-state index contributed by atoms with van der Waals surface area (Å²) in [6, 6.07) is 2.73. The van der Waals surface area contributed by atoms with Crippen LogP contribution in [-0.4, -0.2) is 43.5 Å². The van der Waals surface area contributed by atoms with Gasteiger partial charge in [0.25, 0.3) is 0 Å². The molecule has 0 bridgehead atoms. The second-order valence-corrected chi connectivity index (χ2v) is 7.15. The largest absolute Gasteiger partial charge is 0.358 e. The van der Waals surface area contributed by atoms with Gasteiger partial charge in [-0.05, 0) is 45.8 Å². The molecule has 19 heavy (non-hydrogen) atoms. The van der Waals surface area contributed by atoms with Gasteiger partial charge >= 0.3 is 0 Å². The Morgan fingerprint density at radius 3 is 2.84 bits per heavy atom. The molecular weight excluding hydrogens is 326 g/mol. The molecule has 4 nitrogen and oxygen atoms in total. The molecule has 6 heteroatoms. The molecule has 0 radical (unpaired) electrons. The van der Waals surface area contributed by atoms with Crippen LogP contribution >= 0.6 is 27.3 Å². The lowest BCUT2D eigenvalue weighted by atomic mass is 10.0. The van der Waals surface area contributed by atoms with E-state index in [1.54, 1.807) is 18.4 Å². The highest BCUT2D eigenvalue weighted by atomic mass is 79.9. The third-order valence-electron chi connectivity index (χ3n) is 3.45. The van der Waals surface area contributed by atoms with Crippen LogP contribution in [0.3, 0.4) is 0 Å². The van der Waals surface area contributed by atoms with Crippen molar-refractivity contribution in [3.8, 4) is 0 Å². The van der Waals surface area contributed by atoms with Crippen molar-refractivity contribution in [1.29, 1.82) is 0 Å². The maximum Gasteiger partial charge on any atom is 0.233 e. The van der Waals surface area contributed by atoms with Crippen molar-refractivity contribution in [3.63, 3.8) is 0 Å². The van der Waals surface area contributed by atoms with Gasteiger partial charge in [-0.25, -0.2) is 0 Å². The van der Waals surface area contributed by atoms with Crippen molar-refractivity contribution in [3.05, 3.63) is 20.8 Å². The van der Waals surface area contributed by atoms with E-state index in [0.717, 1.165) is 32.5 Å². The molecule has 2 heterocycles. The van der Waals surface area contributed by atoms with Crippen molar-refractivity contribution in [2.24, 2.45) is 0 Å². The van der Waals surface area contributed by atoms with Gasteiger partial charge in [0.1, 0.15) is 0 Å². The number of halogens is 1. The summed E-state index contributed by atoms with van der Waals surface area (Å²) in [5, 5.41) is 8.45. The molecule has 1 aliphatic heterocycles. The van der Waals surface area contributed by atoms with E-state index in [1.807, 2.05) is 0 Å². The Morgan fingerprint density at radius 2 is 2.26 bits per heavy atom. The third-order valence-corrected chi connectivity index (χ3v) is 5.00. The second kappa shape index (κ2) is 7.38. The molecule has 0 aromatic carbocycles. The van der Waals surface area contributed by atoms with Gasteiger partial charge < -0.3 is 10.6 Å². The van der Waals surface area contributed by atoms with E-state index >= 15 is 0 Å². The molecule has 0 atom stereocenters. The maximum atomic E-state index is 11.3. The van der Waals surface area contributed by atoms with Crippen LogP contribution in [0, 0.1) is 0 Å². The minimum Gasteiger partial charge on any atom is -0.358 e. The number of likely N-dealkylation sites (tertiary alicyclic amines) is 1. The van der Waals surface area contributed by atoms with Gasteiger partial charge in [0.05, 0.1) is 10.3 Å². The lowest BCUT2D eigenvalue weighted by Crippen LogP contribution is -2.45. The fourth-order valence-corrected chi connectivity index (χ4v) is 3.49. The number of thiophene rings is 1. The summed E-state index contributed by atoms with van der Waals surface area (Å²) >= 11 is 5.21. The predicted octanol–water partition coefficient (Wildman–Crippen LogP) is 1.81. The van der Waals surface area contributed by atoms with Gasteiger partial charge in [-0.3, -0.25) is 9.69 Å². The number of hydrogen-bond donors (Lipinski definition) is 2. The molecule has 1 aromatic heterocycles. The van der Waals surface area contributed by atoms with Crippen LogP contribution in [0.4, 0.5) is 0 Å². The van der Waals surface area contributed by atoms with E-state index in [-0.39, 0.29) is 5.91 Å². The number of nitrogens with zero attached hydrogens (tertiary/aromatic N) is 1. The minimum atomic E-state index is 0.106. The fourth-order valence-electron chi connectivity index (χ4n) is 2.28. The van der Waals surface area contributed by atoms with E-state index in [2.05, 4.69) is 42.9 Å². The van der Waals surface area contributed by atoms with E-state index in [1.165, 1.54) is 9.35 Å². The molecule has 1 aromatic rings. The van der Waals surface area contributed by atoms with Crippen LogP contribution in [-0.2, 0) is 11.3 Å². The summed E-state index contributed by atoms with van der Waals surface area (Å²) in [5.41, 5.74) is 1.34. The number of carbonyl (C=O) groups is 1. The topological polar surface area (TPSA) is 44.4 Å². The normalized spacial score (nSPS) is 17.6. The van der Waals surface area contributed by atoms with E-state index < -0.39 is 0 Å². The molecule has 1 aliphatic rings. The highest BCUT2D eigenvalue weighted by Crippen LogP contribution is 2.21. The summed E-state index contributed by atoms with van der Waals surface area (Å²) in [6.07, 6.45) is 2.23. The summed E-state index contributed by atoms with van der Waals surface area (Å²) in [6.45, 7) is 3.46. The summed E-state index contributed by atoms with van der Waals surface area (Å²) in [7, 11) is 1.69. The first-order valence-corrected chi connectivity index (χ1v) is 8.24. The molecular formula is C13H20BrN3OS. The average molecular weight is 346 g/mol. The Morgan fingerprint density at radius 1 is 1.53 bits per heavy atom. The Labute approximate surface area is 126 Å². The van der Waals surface area contributed by atoms with Crippen LogP contribution in [0.25, 0.3) is 0 Å². The zero-order valence-corrected chi connectivity index (χ0v) is 13.5. The Kier molecular flexibility index (Phi) is 5.81. The zero-order chi connectivity index (χ0) is 13.7. The molecule has 0 unspecified atom stereocenters. The average Bonchev–Trinajstić information content (AvgIpc) is 2.83. The first kappa shape index (κ1) is 15.0. The molecule has 0 saturated carbocycles. The zero-order valence-electron chi connectivity index (χ0n) is 11.1. The smallest absolute Gasteiger partial charge is 0.233 e. The first-order chi connectivity index (χ1) is 9.17. The molecule has 106 valence electrons. The van der Waals surface area contributed by atoms with E-state index in [9.17, 15) is 4.79 Å². The number of likely N-dealkylation sites (N-methyl/N-ethyl adjacent to an activating group) is 1. The molecule has 0 aliphatic carbocycles. The van der Waals surface area contributed by atoms with Gasteiger partial charge in [-0.1, -0.05) is 0 Å². The van der Waals surface area contributed by atoms with Crippen LogP contribution in [0.15, 0.2) is 15.2 Å². The van der Waals surface area contributed by atoms with Crippen LogP contribution in [0.1, 0.15) is 18.4 Å². The number of hydrogen-bond acceptors (Lipinski definition) is 4. The standard InChI is InChI=1S/C13H20BrN3OS/c1-15-13(18)8-17-4-2-11(3-5-17)16-7-10-6-12(14)19-9-10/h6,9,11,16H,2-5,7-8H2,1H3,(H,15,18). The molecule has 0 spiro atoms. The highest BCUT2D eigenvalue weighted by Gasteiger charge is 2.20. The summed E-state index contributed by atoms with van der Waals surface area (Å²) in [4.78, 5) is 13.5. The highest BCUT2D eigenvalue weighted by molar-refractivity contribution is 9.11. The molecule has 2 rings (SSSR count). The van der Waals surface area contributed by atoms with Crippen LogP contribution in [0.2, 0.25) is 0 Å². The SMILES string of the molecule is CNC(=O)CN1CCC(NCc2csc(Br)c2)CC1. The van der Waals surface area contributed by atoms with Gasteiger partial charge in [-0.15, -0.1) is 11.3 Å². The lowest BCUT2D eigenvalue weighted by Gasteiger charge is -2.31. The predicted molar refractivity (Wildman–Crippen MR) is 82.4 cm³/mol. The van der Waals surface area contributed by atoms with Crippen molar-refractivity contribution in [2.75, 3.05) is 26.7 Å². The number of rotatable bonds is 5. The van der Waals surface area contributed by atoms with Crippen LogP contribution in [0.5, 0.6) is 0 Å². The van der Waals surface area contributed by atoms with Gasteiger partial charge in [-0.2, -0.15) is 0 Å². The Balaban J connectivity index is 1.67. The molecule has 1 amide bonds. The minimum absolute atomic E-state index is 0.106. The second-order valence-electron chi connectivity index (χ2n) is 4.86. The van der Waals surface area contributed by atoms with Crippen LogP contribution < -0.4 is 10.6 Å². The number of nitrogens with one attached hydrogen (secondary N) is 2. The maximum absolute atomic E-state index is 11.3. The number of carbonyl (C=O) groups excluding carboxylic acids is 1. The quantitative estimate of drug-likeness (QED) is 0.855. The van der Waals surface area contributed by atoms with Gasteiger partial charge in [0.2, 0.25) is 5.91 Å². The molecule has 2 N–H and O–H groups in total. The third kappa shape index (κ3) is 4.87. The fraction of sp³-hybridized carbons (Fsp3) is 0.615. The number of amides is 1. The first-order valence-electron chi connectivity index (χ1n) is 6.56. The lowest BCUT2D eigenvalue weighted by molar-refractivity contribution is -0.122. The summed E-state index contributed by atoms with van der Waals surface area (Å²) < 4.78 is 1.18. The van der Waals surface area contributed by atoms with E-state index in [4.69, 9.17) is 0 Å². The Bertz CT molecular complexity index is 416.